The zero-order chi connectivity index (χ0) is 14.7. The van der Waals surface area contributed by atoms with E-state index < -0.39 is 18.2 Å². The number of ether oxygens (including phenoxy) is 1. The third kappa shape index (κ3) is 2.61. The second-order valence-corrected chi connectivity index (χ2v) is 4.41. The fraction of sp³-hybridized carbons (Fsp3) is 0.267. The lowest BCUT2D eigenvalue weighted by Crippen LogP contribution is -2.20. The van der Waals surface area contributed by atoms with E-state index in [4.69, 9.17) is 0 Å². The fourth-order valence-electron chi connectivity index (χ4n) is 2.09. The van der Waals surface area contributed by atoms with E-state index in [9.17, 15) is 14.4 Å². The van der Waals surface area contributed by atoms with Crippen LogP contribution in [-0.4, -0.2) is 28.7 Å². The van der Waals surface area contributed by atoms with Gasteiger partial charge in [-0.3, -0.25) is 9.59 Å². The van der Waals surface area contributed by atoms with Crippen molar-refractivity contribution < 1.29 is 19.1 Å². The third-order valence-corrected chi connectivity index (χ3v) is 3.02. The molecule has 0 radical (unpaired) electrons. The number of nitrogens with zero attached hydrogens (tertiary/aromatic N) is 1. The molecule has 2 aromatic rings. The van der Waals surface area contributed by atoms with Gasteiger partial charge in [-0.2, -0.15) is 0 Å². The number of esters is 1. The molecule has 20 heavy (non-hydrogen) atoms. The maximum atomic E-state index is 12.1. The van der Waals surface area contributed by atoms with E-state index in [1.54, 1.807) is 13.1 Å². The second kappa shape index (κ2) is 5.69. The lowest BCUT2D eigenvalue weighted by molar-refractivity contribution is -0.153. The van der Waals surface area contributed by atoms with Crippen LogP contribution in [0.5, 0.6) is 0 Å². The van der Waals surface area contributed by atoms with Gasteiger partial charge >= 0.3 is 5.97 Å². The summed E-state index contributed by atoms with van der Waals surface area (Å²) in [5.74, 6) is -2.15. The summed E-state index contributed by atoms with van der Waals surface area (Å²) in [6.45, 7) is 1.73. The largest absolute Gasteiger partial charge is 0.460 e. The van der Waals surface area contributed by atoms with Gasteiger partial charge in [0.05, 0.1) is 13.0 Å². The van der Waals surface area contributed by atoms with Gasteiger partial charge in [0, 0.05) is 29.7 Å². The molecule has 0 amide bonds. The number of rotatable bonds is 5. The van der Waals surface area contributed by atoms with Crippen molar-refractivity contribution in [3.05, 3.63) is 36.0 Å². The van der Waals surface area contributed by atoms with Crippen molar-refractivity contribution in [1.29, 1.82) is 0 Å². The predicted octanol–water partition coefficient (Wildman–Crippen LogP) is 1.88. The summed E-state index contributed by atoms with van der Waals surface area (Å²) in [5.41, 5.74) is 1.35. The summed E-state index contributed by atoms with van der Waals surface area (Å²) in [4.78, 5) is 35.0. The van der Waals surface area contributed by atoms with Crippen LogP contribution in [0.3, 0.4) is 0 Å². The average Bonchev–Trinajstić information content (AvgIpc) is 2.77. The molecular formula is C15H15NO4. The van der Waals surface area contributed by atoms with Gasteiger partial charge in [0.2, 0.25) is 5.78 Å². The summed E-state index contributed by atoms with van der Waals surface area (Å²) >= 11 is 0. The molecule has 5 nitrogen and oxygen atoms in total. The van der Waals surface area contributed by atoms with Gasteiger partial charge in [-0.15, -0.1) is 0 Å². The van der Waals surface area contributed by atoms with Crippen LogP contribution in [0.1, 0.15) is 23.7 Å². The van der Waals surface area contributed by atoms with E-state index in [1.165, 1.54) is 0 Å². The highest BCUT2D eigenvalue weighted by Crippen LogP contribution is 2.21. The van der Waals surface area contributed by atoms with Crippen LogP contribution in [0.4, 0.5) is 0 Å². The standard InChI is InChI=1S/C15H15NO4/c1-3-20-15(19)14(18)8-13(17)11-9-16(2)12-7-5-4-6-10(11)12/h4-7,9H,3,8H2,1-2H3. The normalized spacial score (nSPS) is 10.5. The van der Waals surface area contributed by atoms with E-state index in [0.29, 0.717) is 5.56 Å². The summed E-state index contributed by atoms with van der Waals surface area (Å²) in [6.07, 6.45) is 1.21. The number of aryl methyl sites for hydroxylation is 1. The Morgan fingerprint density at radius 1 is 1.20 bits per heavy atom. The van der Waals surface area contributed by atoms with Crippen LogP contribution in [0.25, 0.3) is 10.9 Å². The lowest BCUT2D eigenvalue weighted by Gasteiger charge is -2.00. The average molecular weight is 273 g/mol. The summed E-state index contributed by atoms with van der Waals surface area (Å²) < 4.78 is 6.40. The molecule has 0 N–H and O–H groups in total. The van der Waals surface area contributed by atoms with Crippen molar-refractivity contribution in [2.75, 3.05) is 6.61 Å². The molecule has 0 saturated carbocycles. The minimum atomic E-state index is -0.957. The monoisotopic (exact) mass is 273 g/mol. The number of para-hydroxylation sites is 1. The molecule has 0 atom stereocenters. The van der Waals surface area contributed by atoms with Gasteiger partial charge in [0.25, 0.3) is 0 Å². The van der Waals surface area contributed by atoms with E-state index in [1.807, 2.05) is 35.9 Å². The zero-order valence-electron chi connectivity index (χ0n) is 11.4. The Bertz CT molecular complexity index is 684. The summed E-state index contributed by atoms with van der Waals surface area (Å²) in [5, 5.41) is 0.775. The van der Waals surface area contributed by atoms with Crippen LogP contribution >= 0.6 is 0 Å². The van der Waals surface area contributed by atoms with Gasteiger partial charge in [-0.05, 0) is 13.0 Å². The smallest absolute Gasteiger partial charge is 0.375 e. The van der Waals surface area contributed by atoms with E-state index in [-0.39, 0.29) is 12.4 Å². The second-order valence-electron chi connectivity index (χ2n) is 4.41. The zero-order valence-corrected chi connectivity index (χ0v) is 11.4. The Kier molecular flexibility index (Phi) is 3.98. The van der Waals surface area contributed by atoms with Gasteiger partial charge < -0.3 is 9.30 Å². The van der Waals surface area contributed by atoms with Crippen molar-refractivity contribution in [1.82, 2.24) is 4.57 Å². The van der Waals surface area contributed by atoms with E-state index in [0.717, 1.165) is 10.9 Å². The first kappa shape index (κ1) is 14.0. The number of aromatic nitrogens is 1. The molecule has 0 spiro atoms. The van der Waals surface area contributed by atoms with Crippen LogP contribution in [0.15, 0.2) is 30.5 Å². The molecule has 1 aromatic heterocycles. The first-order valence-corrected chi connectivity index (χ1v) is 6.31. The van der Waals surface area contributed by atoms with Crippen molar-refractivity contribution in [3.8, 4) is 0 Å². The number of hydrogen-bond donors (Lipinski definition) is 0. The number of fused-ring (bicyclic) bond motifs is 1. The van der Waals surface area contributed by atoms with Crippen molar-refractivity contribution in [2.45, 2.75) is 13.3 Å². The molecule has 0 aliphatic carbocycles. The Hall–Kier alpha value is -2.43. The summed E-state index contributed by atoms with van der Waals surface area (Å²) in [6, 6.07) is 7.41. The summed E-state index contributed by atoms with van der Waals surface area (Å²) in [7, 11) is 1.83. The minimum absolute atomic E-state index is 0.118. The van der Waals surface area contributed by atoms with Crippen LogP contribution < -0.4 is 0 Å². The van der Waals surface area contributed by atoms with Gasteiger partial charge in [0.15, 0.2) is 5.78 Å². The topological polar surface area (TPSA) is 65.4 Å². The maximum Gasteiger partial charge on any atom is 0.375 e. The van der Waals surface area contributed by atoms with Gasteiger partial charge in [-0.1, -0.05) is 18.2 Å². The highest BCUT2D eigenvalue weighted by atomic mass is 16.5. The molecule has 1 aromatic carbocycles. The first-order chi connectivity index (χ1) is 9.54. The van der Waals surface area contributed by atoms with E-state index >= 15 is 0 Å². The molecule has 1 heterocycles. The SMILES string of the molecule is CCOC(=O)C(=O)CC(=O)c1cn(C)c2ccccc12. The Labute approximate surface area is 116 Å². The number of Topliss-reactive ketones (excluding diaryl/α,β-unsaturated/α-hetero) is 2. The lowest BCUT2D eigenvalue weighted by atomic mass is 10.1. The maximum absolute atomic E-state index is 12.1. The van der Waals surface area contributed by atoms with Crippen LogP contribution in [0.2, 0.25) is 0 Å². The molecule has 0 saturated heterocycles. The number of hydrogen-bond acceptors (Lipinski definition) is 4. The molecule has 0 aliphatic rings. The molecule has 5 heteroatoms. The quantitative estimate of drug-likeness (QED) is 0.361. The molecule has 0 unspecified atom stereocenters. The van der Waals surface area contributed by atoms with Crippen molar-refractivity contribution in [2.24, 2.45) is 7.05 Å². The van der Waals surface area contributed by atoms with Crippen LogP contribution in [0, 0.1) is 0 Å². The highest BCUT2D eigenvalue weighted by Gasteiger charge is 2.22. The number of carbonyl (C=O) groups excluding carboxylic acids is 3. The molecule has 104 valence electrons. The van der Waals surface area contributed by atoms with Crippen LogP contribution in [-0.2, 0) is 21.4 Å². The number of ketones is 2. The predicted molar refractivity (Wildman–Crippen MR) is 73.5 cm³/mol. The minimum Gasteiger partial charge on any atom is -0.460 e. The van der Waals surface area contributed by atoms with Gasteiger partial charge in [-0.25, -0.2) is 4.79 Å². The molecule has 0 bridgehead atoms. The number of carbonyl (C=O) groups is 3. The van der Waals surface area contributed by atoms with Gasteiger partial charge in [0.1, 0.15) is 0 Å². The van der Waals surface area contributed by atoms with Crippen molar-refractivity contribution in [3.63, 3.8) is 0 Å². The van der Waals surface area contributed by atoms with Crippen molar-refractivity contribution >= 4 is 28.4 Å². The molecular weight excluding hydrogens is 258 g/mol. The van der Waals surface area contributed by atoms with E-state index in [2.05, 4.69) is 4.74 Å². The molecule has 2 rings (SSSR count). The molecule has 0 aliphatic heterocycles. The Morgan fingerprint density at radius 3 is 2.60 bits per heavy atom. The number of benzene rings is 1. The highest BCUT2D eigenvalue weighted by molar-refractivity contribution is 6.38. The Balaban J connectivity index is 2.24. The first-order valence-electron chi connectivity index (χ1n) is 6.31. The molecule has 0 fully saturated rings. The third-order valence-electron chi connectivity index (χ3n) is 3.02. The fourth-order valence-corrected chi connectivity index (χ4v) is 2.09. The Morgan fingerprint density at radius 2 is 1.90 bits per heavy atom.